The molecular formula is C14H12Cl2N2O2. The third-order valence-corrected chi connectivity index (χ3v) is 3.60. The lowest BCUT2D eigenvalue weighted by Gasteiger charge is -2.08. The second-order valence-electron chi connectivity index (χ2n) is 4.36. The second-order valence-corrected chi connectivity index (χ2v) is 5.17. The highest BCUT2D eigenvalue weighted by atomic mass is 35.5. The van der Waals surface area contributed by atoms with Crippen molar-refractivity contribution in [1.82, 2.24) is 0 Å². The average Bonchev–Trinajstić information content (AvgIpc) is 2.41. The van der Waals surface area contributed by atoms with Crippen molar-refractivity contribution in [3.8, 4) is 0 Å². The van der Waals surface area contributed by atoms with Crippen LogP contribution >= 0.6 is 23.2 Å². The first-order valence-corrected chi connectivity index (χ1v) is 6.66. The quantitative estimate of drug-likeness (QED) is 0.650. The zero-order valence-corrected chi connectivity index (χ0v) is 12.2. The number of nitrogens with zero attached hydrogens (tertiary/aromatic N) is 1. The Hall–Kier alpha value is -1.78. The first-order chi connectivity index (χ1) is 9.47. The molecule has 0 amide bonds. The minimum Gasteiger partial charge on any atom is -0.381 e. The molecule has 0 radical (unpaired) electrons. The average molecular weight is 311 g/mol. The number of hydrogen-bond donors (Lipinski definition) is 1. The number of nitrogens with one attached hydrogen (secondary N) is 1. The van der Waals surface area contributed by atoms with Crippen LogP contribution in [0.2, 0.25) is 10.0 Å². The molecular weight excluding hydrogens is 299 g/mol. The molecule has 6 heteroatoms. The van der Waals surface area contributed by atoms with E-state index >= 15 is 0 Å². The fourth-order valence-corrected chi connectivity index (χ4v) is 2.08. The molecule has 0 atom stereocenters. The van der Waals surface area contributed by atoms with E-state index < -0.39 is 4.92 Å². The molecule has 0 saturated heterocycles. The number of aryl methyl sites for hydroxylation is 1. The zero-order valence-electron chi connectivity index (χ0n) is 10.7. The second kappa shape index (κ2) is 6.11. The smallest absolute Gasteiger partial charge is 0.288 e. The van der Waals surface area contributed by atoms with E-state index in [0.717, 1.165) is 16.8 Å². The normalized spacial score (nSPS) is 10.3. The van der Waals surface area contributed by atoms with Crippen LogP contribution in [0.5, 0.6) is 0 Å². The fourth-order valence-electron chi connectivity index (χ4n) is 1.72. The van der Waals surface area contributed by atoms with E-state index in [1.165, 1.54) is 12.1 Å². The summed E-state index contributed by atoms with van der Waals surface area (Å²) in [4.78, 5) is 10.3. The predicted octanol–water partition coefficient (Wildman–Crippen LogP) is 4.82. The Labute approximate surface area is 126 Å². The minimum absolute atomic E-state index is 0.0899. The number of benzene rings is 2. The molecule has 4 nitrogen and oxygen atoms in total. The SMILES string of the molecule is Cc1ccc(NCc2ccc(Cl)c([N+](=O)[O-])c2)cc1Cl. The number of rotatable bonds is 4. The Kier molecular flexibility index (Phi) is 4.47. The lowest BCUT2D eigenvalue weighted by Crippen LogP contribution is -2.00. The van der Waals surface area contributed by atoms with E-state index in [1.807, 2.05) is 25.1 Å². The predicted molar refractivity (Wildman–Crippen MR) is 81.6 cm³/mol. The third-order valence-electron chi connectivity index (χ3n) is 2.88. The van der Waals surface area contributed by atoms with E-state index in [9.17, 15) is 10.1 Å². The molecule has 0 heterocycles. The summed E-state index contributed by atoms with van der Waals surface area (Å²) in [5, 5.41) is 14.8. The summed E-state index contributed by atoms with van der Waals surface area (Å²) < 4.78 is 0. The number of halogens is 2. The maximum atomic E-state index is 10.8. The first kappa shape index (κ1) is 14.6. The summed E-state index contributed by atoms with van der Waals surface area (Å²) in [6, 6.07) is 10.4. The molecule has 0 aliphatic carbocycles. The Bertz CT molecular complexity index is 660. The maximum Gasteiger partial charge on any atom is 0.288 e. The summed E-state index contributed by atoms with van der Waals surface area (Å²) in [7, 11) is 0. The highest BCUT2D eigenvalue weighted by molar-refractivity contribution is 6.32. The van der Waals surface area contributed by atoms with Gasteiger partial charge in [-0.15, -0.1) is 0 Å². The topological polar surface area (TPSA) is 55.2 Å². The van der Waals surface area contributed by atoms with Crippen LogP contribution in [0, 0.1) is 17.0 Å². The van der Waals surface area contributed by atoms with Crippen molar-refractivity contribution in [2.45, 2.75) is 13.5 Å². The van der Waals surface area contributed by atoms with Crippen LogP contribution in [0.1, 0.15) is 11.1 Å². The van der Waals surface area contributed by atoms with Crippen molar-refractivity contribution in [3.05, 3.63) is 67.7 Å². The van der Waals surface area contributed by atoms with Crippen molar-refractivity contribution in [2.24, 2.45) is 0 Å². The van der Waals surface area contributed by atoms with Gasteiger partial charge in [0, 0.05) is 23.3 Å². The molecule has 0 spiro atoms. The Morgan fingerprint density at radius 3 is 2.55 bits per heavy atom. The van der Waals surface area contributed by atoms with E-state index in [-0.39, 0.29) is 10.7 Å². The van der Waals surface area contributed by atoms with Crippen LogP contribution in [0.3, 0.4) is 0 Å². The molecule has 2 aromatic rings. The van der Waals surface area contributed by atoms with Gasteiger partial charge < -0.3 is 5.32 Å². The van der Waals surface area contributed by atoms with Crippen LogP contribution in [-0.4, -0.2) is 4.92 Å². The lowest BCUT2D eigenvalue weighted by atomic mass is 10.2. The molecule has 0 aromatic heterocycles. The van der Waals surface area contributed by atoms with Crippen molar-refractivity contribution < 1.29 is 4.92 Å². The highest BCUT2D eigenvalue weighted by Crippen LogP contribution is 2.26. The summed E-state index contributed by atoms with van der Waals surface area (Å²) in [5.41, 5.74) is 2.54. The molecule has 20 heavy (non-hydrogen) atoms. The van der Waals surface area contributed by atoms with Gasteiger partial charge in [-0.25, -0.2) is 0 Å². The van der Waals surface area contributed by atoms with Gasteiger partial charge >= 0.3 is 0 Å². The zero-order chi connectivity index (χ0) is 14.7. The number of nitro groups is 1. The summed E-state index contributed by atoms with van der Waals surface area (Å²) in [6.07, 6.45) is 0. The van der Waals surface area contributed by atoms with E-state index in [4.69, 9.17) is 23.2 Å². The molecule has 0 fully saturated rings. The fraction of sp³-hybridized carbons (Fsp3) is 0.143. The molecule has 2 rings (SSSR count). The van der Waals surface area contributed by atoms with Crippen molar-refractivity contribution in [1.29, 1.82) is 0 Å². The van der Waals surface area contributed by atoms with Crippen LogP contribution < -0.4 is 5.32 Å². The summed E-state index contributed by atoms with van der Waals surface area (Å²) in [5.74, 6) is 0. The van der Waals surface area contributed by atoms with Crippen molar-refractivity contribution in [2.75, 3.05) is 5.32 Å². The van der Waals surface area contributed by atoms with Crippen LogP contribution in [-0.2, 0) is 6.54 Å². The molecule has 0 saturated carbocycles. The Balaban J connectivity index is 2.12. The summed E-state index contributed by atoms with van der Waals surface area (Å²) in [6.45, 7) is 2.38. The van der Waals surface area contributed by atoms with Gasteiger partial charge in [-0.3, -0.25) is 10.1 Å². The maximum absolute atomic E-state index is 10.8. The minimum atomic E-state index is -0.491. The van der Waals surface area contributed by atoms with Crippen LogP contribution in [0.15, 0.2) is 36.4 Å². The summed E-state index contributed by atoms with van der Waals surface area (Å²) >= 11 is 11.8. The molecule has 0 bridgehead atoms. The van der Waals surface area contributed by atoms with Gasteiger partial charge in [0.1, 0.15) is 5.02 Å². The Morgan fingerprint density at radius 2 is 1.90 bits per heavy atom. The van der Waals surface area contributed by atoms with Gasteiger partial charge in [0.15, 0.2) is 0 Å². The number of hydrogen-bond acceptors (Lipinski definition) is 3. The standard InChI is InChI=1S/C14H12Cl2N2O2/c1-9-2-4-11(7-13(9)16)17-8-10-3-5-12(15)14(6-10)18(19)20/h2-7,17H,8H2,1H3. The first-order valence-electron chi connectivity index (χ1n) is 5.90. The Morgan fingerprint density at radius 1 is 1.15 bits per heavy atom. The molecule has 0 unspecified atom stereocenters. The molecule has 0 aliphatic rings. The highest BCUT2D eigenvalue weighted by Gasteiger charge is 2.12. The van der Waals surface area contributed by atoms with Gasteiger partial charge in [0.2, 0.25) is 0 Å². The number of nitro benzene ring substituents is 1. The lowest BCUT2D eigenvalue weighted by molar-refractivity contribution is -0.384. The largest absolute Gasteiger partial charge is 0.381 e. The van der Waals surface area contributed by atoms with Gasteiger partial charge in [-0.05, 0) is 36.2 Å². The van der Waals surface area contributed by atoms with Crippen LogP contribution in [0.25, 0.3) is 0 Å². The van der Waals surface area contributed by atoms with E-state index in [1.54, 1.807) is 6.07 Å². The van der Waals surface area contributed by atoms with Gasteiger partial charge in [0.05, 0.1) is 4.92 Å². The van der Waals surface area contributed by atoms with Gasteiger partial charge in [-0.2, -0.15) is 0 Å². The van der Waals surface area contributed by atoms with Gasteiger partial charge in [0.25, 0.3) is 5.69 Å². The van der Waals surface area contributed by atoms with Crippen molar-refractivity contribution >= 4 is 34.6 Å². The molecule has 104 valence electrons. The van der Waals surface area contributed by atoms with E-state index in [2.05, 4.69) is 5.32 Å². The van der Waals surface area contributed by atoms with Crippen molar-refractivity contribution in [3.63, 3.8) is 0 Å². The monoisotopic (exact) mass is 310 g/mol. The van der Waals surface area contributed by atoms with Gasteiger partial charge in [-0.1, -0.05) is 35.3 Å². The molecule has 0 aliphatic heterocycles. The number of anilines is 1. The molecule has 2 aromatic carbocycles. The third kappa shape index (κ3) is 3.40. The van der Waals surface area contributed by atoms with E-state index in [0.29, 0.717) is 11.6 Å². The molecule has 1 N–H and O–H groups in total. The van der Waals surface area contributed by atoms with Crippen LogP contribution in [0.4, 0.5) is 11.4 Å².